The molecular formula is C26H17F7O2. The molecule has 9 heteroatoms. The molecular weight excluding hydrogens is 477 g/mol. The highest BCUT2D eigenvalue weighted by molar-refractivity contribution is 5.91. The number of carbonyl (C=O) groups excluding carboxylic acids is 1. The second kappa shape index (κ2) is 11.1. The molecule has 0 saturated carbocycles. The highest BCUT2D eigenvalue weighted by atomic mass is 19.2. The average Bonchev–Trinajstić information content (AvgIpc) is 2.76. The van der Waals surface area contributed by atoms with Gasteiger partial charge in [-0.3, -0.25) is 0 Å². The molecule has 3 aromatic carbocycles. The van der Waals surface area contributed by atoms with E-state index in [4.69, 9.17) is 0 Å². The van der Waals surface area contributed by atoms with Crippen LogP contribution in [0.25, 0.3) is 0 Å². The molecule has 0 heterocycles. The lowest BCUT2D eigenvalue weighted by Crippen LogP contribution is -2.14. The van der Waals surface area contributed by atoms with Crippen molar-refractivity contribution in [2.24, 2.45) is 0 Å². The Morgan fingerprint density at radius 2 is 1.31 bits per heavy atom. The molecule has 0 unspecified atom stereocenters. The Balaban J connectivity index is 1.83. The fraction of sp³-hybridized carbons (Fsp3) is 0.192. The minimum atomic E-state index is -1.82. The molecule has 3 aromatic rings. The van der Waals surface area contributed by atoms with Crippen LogP contribution in [0.3, 0.4) is 0 Å². The third kappa shape index (κ3) is 6.21. The van der Waals surface area contributed by atoms with Crippen LogP contribution in [0.1, 0.15) is 53.2 Å². The van der Waals surface area contributed by atoms with E-state index in [1.165, 1.54) is 0 Å². The Morgan fingerprint density at radius 1 is 0.743 bits per heavy atom. The summed E-state index contributed by atoms with van der Waals surface area (Å²) < 4.78 is 101. The van der Waals surface area contributed by atoms with Gasteiger partial charge in [-0.2, -0.15) is 0 Å². The second-order valence-electron chi connectivity index (χ2n) is 7.55. The zero-order chi connectivity index (χ0) is 25.7. The third-order valence-electron chi connectivity index (χ3n) is 4.92. The number of carbonyl (C=O) groups is 1. The van der Waals surface area contributed by atoms with Gasteiger partial charge in [-0.15, -0.1) is 0 Å². The number of unbranched alkanes of at least 4 members (excludes halogenated alkanes) is 2. The Hall–Kier alpha value is -3.80. The molecule has 0 N–H and O–H groups in total. The van der Waals surface area contributed by atoms with Crippen molar-refractivity contribution in [2.75, 3.05) is 0 Å². The van der Waals surface area contributed by atoms with E-state index in [1.54, 1.807) is 0 Å². The molecule has 0 aromatic heterocycles. The van der Waals surface area contributed by atoms with Crippen molar-refractivity contribution in [2.45, 2.75) is 32.6 Å². The van der Waals surface area contributed by atoms with E-state index < -0.39 is 63.6 Å². The molecule has 35 heavy (non-hydrogen) atoms. The number of aryl methyl sites for hydroxylation is 1. The fourth-order valence-electron chi connectivity index (χ4n) is 3.19. The van der Waals surface area contributed by atoms with Gasteiger partial charge in [0, 0.05) is 17.7 Å². The van der Waals surface area contributed by atoms with E-state index >= 15 is 0 Å². The molecule has 0 amide bonds. The number of halogens is 7. The summed E-state index contributed by atoms with van der Waals surface area (Å²) in [5.74, 6) is -7.97. The summed E-state index contributed by atoms with van der Waals surface area (Å²) in [5, 5.41) is 0. The first-order valence-electron chi connectivity index (χ1n) is 10.5. The first-order chi connectivity index (χ1) is 16.6. The third-order valence-corrected chi connectivity index (χ3v) is 4.92. The van der Waals surface area contributed by atoms with Crippen LogP contribution in [-0.2, 0) is 6.42 Å². The zero-order valence-corrected chi connectivity index (χ0v) is 18.3. The summed E-state index contributed by atoms with van der Waals surface area (Å²) in [6.45, 7) is 1.99. The van der Waals surface area contributed by atoms with Crippen LogP contribution in [0, 0.1) is 52.6 Å². The van der Waals surface area contributed by atoms with Crippen LogP contribution in [0.4, 0.5) is 30.7 Å². The van der Waals surface area contributed by atoms with Crippen LogP contribution in [0.2, 0.25) is 0 Å². The minimum Gasteiger partial charge on any atom is -0.423 e. The van der Waals surface area contributed by atoms with Crippen molar-refractivity contribution in [1.29, 1.82) is 0 Å². The zero-order valence-electron chi connectivity index (χ0n) is 18.3. The molecule has 0 aliphatic rings. The van der Waals surface area contributed by atoms with Gasteiger partial charge in [-0.25, -0.2) is 35.5 Å². The Morgan fingerprint density at radius 3 is 1.86 bits per heavy atom. The van der Waals surface area contributed by atoms with Crippen LogP contribution >= 0.6 is 0 Å². The number of hydrogen-bond acceptors (Lipinski definition) is 2. The molecule has 0 spiro atoms. The molecule has 0 radical (unpaired) electrons. The number of esters is 1. The van der Waals surface area contributed by atoms with Gasteiger partial charge in [-0.1, -0.05) is 31.6 Å². The molecule has 0 saturated heterocycles. The van der Waals surface area contributed by atoms with Crippen molar-refractivity contribution in [3.63, 3.8) is 0 Å². The van der Waals surface area contributed by atoms with E-state index in [2.05, 4.69) is 16.6 Å². The molecule has 182 valence electrons. The molecule has 0 fully saturated rings. The lowest BCUT2D eigenvalue weighted by atomic mass is 10.0. The van der Waals surface area contributed by atoms with Gasteiger partial charge in [0.15, 0.2) is 17.5 Å². The summed E-state index contributed by atoms with van der Waals surface area (Å²) in [5.41, 5.74) is -1.69. The van der Waals surface area contributed by atoms with Crippen molar-refractivity contribution in [3.05, 3.63) is 99.4 Å². The van der Waals surface area contributed by atoms with Gasteiger partial charge in [0.2, 0.25) is 0 Å². The summed E-state index contributed by atoms with van der Waals surface area (Å²) in [7, 11) is 0. The van der Waals surface area contributed by atoms with Crippen LogP contribution in [0.5, 0.6) is 5.75 Å². The molecule has 0 aliphatic heterocycles. The number of ether oxygens (including phenoxy) is 1. The largest absolute Gasteiger partial charge is 0.423 e. The van der Waals surface area contributed by atoms with E-state index in [0.29, 0.717) is 36.2 Å². The smallest absolute Gasteiger partial charge is 0.349 e. The van der Waals surface area contributed by atoms with E-state index in [9.17, 15) is 35.5 Å². The number of rotatable bonds is 6. The topological polar surface area (TPSA) is 26.3 Å². The number of hydrogen-bond donors (Lipinski definition) is 0. The van der Waals surface area contributed by atoms with Gasteiger partial charge in [0.25, 0.3) is 0 Å². The monoisotopic (exact) mass is 494 g/mol. The van der Waals surface area contributed by atoms with Crippen molar-refractivity contribution >= 4 is 5.97 Å². The molecule has 3 rings (SSSR count). The van der Waals surface area contributed by atoms with Crippen LogP contribution in [-0.4, -0.2) is 5.97 Å². The average molecular weight is 494 g/mol. The summed E-state index contributed by atoms with van der Waals surface area (Å²) in [6.07, 6.45) is 3.10. The van der Waals surface area contributed by atoms with Gasteiger partial charge in [0.1, 0.15) is 34.6 Å². The first-order valence-corrected chi connectivity index (χ1v) is 10.5. The molecule has 0 atom stereocenters. The highest BCUT2D eigenvalue weighted by Crippen LogP contribution is 2.23. The quantitative estimate of drug-likeness (QED) is 0.0920. The van der Waals surface area contributed by atoms with Crippen LogP contribution in [0.15, 0.2) is 36.4 Å². The van der Waals surface area contributed by atoms with Crippen molar-refractivity contribution in [1.82, 2.24) is 0 Å². The van der Waals surface area contributed by atoms with E-state index in [1.807, 2.05) is 6.92 Å². The maximum Gasteiger partial charge on any atom is 0.349 e. The molecule has 0 aliphatic carbocycles. The summed E-state index contributed by atoms with van der Waals surface area (Å²) >= 11 is 0. The lowest BCUT2D eigenvalue weighted by molar-refractivity contribution is 0.0723. The maximum absolute atomic E-state index is 14.4. The predicted octanol–water partition coefficient (Wildman–Crippen LogP) is 7.01. The maximum atomic E-state index is 14.4. The Kier molecular flexibility index (Phi) is 8.18. The van der Waals surface area contributed by atoms with E-state index in [0.717, 1.165) is 31.4 Å². The second-order valence-corrected chi connectivity index (χ2v) is 7.55. The fourth-order valence-corrected chi connectivity index (χ4v) is 3.19. The standard InChI is InChI=1S/C26H17F7O2/c1-2-3-4-5-14-8-18(27)17(19(28)9-14)7-6-15-10-20(29)24(21(30)11-15)26(34)35-16-12-22(31)25(33)23(32)13-16/h8-13H,2-5H2,1H3. The first kappa shape index (κ1) is 25.8. The van der Waals surface area contributed by atoms with Gasteiger partial charge < -0.3 is 4.74 Å². The minimum absolute atomic E-state index is 0.324. The Bertz CT molecular complexity index is 1270. The molecule has 2 nitrogen and oxygen atoms in total. The summed E-state index contributed by atoms with van der Waals surface area (Å²) in [4.78, 5) is 12.1. The number of benzene rings is 3. The van der Waals surface area contributed by atoms with Gasteiger partial charge in [-0.05, 0) is 42.7 Å². The van der Waals surface area contributed by atoms with Crippen molar-refractivity contribution < 1.29 is 40.3 Å². The molecule has 0 bridgehead atoms. The van der Waals surface area contributed by atoms with Gasteiger partial charge >= 0.3 is 5.97 Å². The Labute approximate surface area is 196 Å². The SMILES string of the molecule is CCCCCc1cc(F)c(C#Cc2cc(F)c(C(=O)Oc3cc(F)c(F)c(F)c3)c(F)c2)c(F)c1. The normalized spacial score (nSPS) is 10.6. The van der Waals surface area contributed by atoms with Gasteiger partial charge in [0.05, 0.1) is 5.56 Å². The highest BCUT2D eigenvalue weighted by Gasteiger charge is 2.22. The lowest BCUT2D eigenvalue weighted by Gasteiger charge is -2.08. The van der Waals surface area contributed by atoms with Crippen LogP contribution < -0.4 is 4.74 Å². The predicted molar refractivity (Wildman–Crippen MR) is 113 cm³/mol. The summed E-state index contributed by atoms with van der Waals surface area (Å²) in [6, 6.07) is 4.17. The van der Waals surface area contributed by atoms with Crippen molar-refractivity contribution in [3.8, 4) is 17.6 Å². The van der Waals surface area contributed by atoms with E-state index in [-0.39, 0.29) is 5.56 Å².